The molecular formula is C25H14N2O3S. The van der Waals surface area contributed by atoms with Crippen molar-refractivity contribution in [2.24, 2.45) is 4.99 Å². The molecule has 0 spiro atoms. The summed E-state index contributed by atoms with van der Waals surface area (Å²) >= 11 is 1.73. The van der Waals surface area contributed by atoms with E-state index in [9.17, 15) is 14.7 Å². The van der Waals surface area contributed by atoms with E-state index in [-0.39, 0.29) is 23.2 Å². The van der Waals surface area contributed by atoms with Crippen molar-refractivity contribution >= 4 is 39.3 Å². The number of nitrogens with zero attached hydrogens (tertiary/aromatic N) is 2. The zero-order valence-corrected chi connectivity index (χ0v) is 16.9. The first-order valence-electron chi connectivity index (χ1n) is 10.0. The van der Waals surface area contributed by atoms with Crippen LogP contribution in [0.1, 0.15) is 6.04 Å². The van der Waals surface area contributed by atoms with Gasteiger partial charge in [0.15, 0.2) is 0 Å². The summed E-state index contributed by atoms with van der Waals surface area (Å²) in [4.78, 5) is 32.2. The van der Waals surface area contributed by atoms with Gasteiger partial charge in [0.05, 0.1) is 17.7 Å². The van der Waals surface area contributed by atoms with Crippen LogP contribution >= 0.6 is 11.8 Å². The van der Waals surface area contributed by atoms with Crippen LogP contribution in [-0.4, -0.2) is 21.7 Å². The Hall–Kier alpha value is -3.64. The molecule has 0 saturated heterocycles. The zero-order valence-electron chi connectivity index (χ0n) is 16.1. The van der Waals surface area contributed by atoms with Gasteiger partial charge in [0.1, 0.15) is 5.49 Å². The Bertz CT molecular complexity index is 1680. The first-order valence-corrected chi connectivity index (χ1v) is 10.9. The smallest absolute Gasteiger partial charge is 0.335 e. The van der Waals surface area contributed by atoms with Crippen molar-refractivity contribution in [3.05, 3.63) is 88.2 Å². The quantitative estimate of drug-likeness (QED) is 0.441. The molecule has 148 valence electrons. The van der Waals surface area contributed by atoms with Crippen molar-refractivity contribution in [3.63, 3.8) is 0 Å². The third-order valence-corrected chi connectivity index (χ3v) is 7.56. The van der Waals surface area contributed by atoms with Gasteiger partial charge in [0.2, 0.25) is 0 Å². The monoisotopic (exact) mass is 422 g/mol. The first kappa shape index (κ1) is 17.1. The summed E-state index contributed by atoms with van der Waals surface area (Å²) in [7, 11) is 0. The van der Waals surface area contributed by atoms with E-state index in [1.165, 1.54) is 10.5 Å². The highest BCUT2D eigenvalue weighted by Crippen LogP contribution is 2.49. The molecule has 6 heteroatoms. The van der Waals surface area contributed by atoms with Crippen LogP contribution in [-0.2, 0) is 4.79 Å². The number of hydrogen-bond acceptors (Lipinski definition) is 4. The van der Waals surface area contributed by atoms with Crippen molar-refractivity contribution in [2.75, 3.05) is 0 Å². The van der Waals surface area contributed by atoms with Gasteiger partial charge in [-0.2, -0.15) is 0 Å². The molecule has 2 atom stereocenters. The van der Waals surface area contributed by atoms with Gasteiger partial charge in [0.25, 0.3) is 5.56 Å². The summed E-state index contributed by atoms with van der Waals surface area (Å²) in [5, 5.41) is 13.0. The van der Waals surface area contributed by atoms with Crippen LogP contribution in [0.4, 0.5) is 0 Å². The minimum atomic E-state index is -0.983. The second-order valence-electron chi connectivity index (χ2n) is 8.02. The highest BCUT2D eigenvalue weighted by Gasteiger charge is 2.33. The number of pyridine rings is 1. The number of hydrogen-bond donors (Lipinski definition) is 1. The molecule has 4 aromatic rings. The maximum atomic E-state index is 13.6. The van der Waals surface area contributed by atoms with Gasteiger partial charge >= 0.3 is 5.97 Å². The lowest BCUT2D eigenvalue weighted by Crippen LogP contribution is -2.34. The van der Waals surface area contributed by atoms with Gasteiger partial charge in [-0.1, -0.05) is 42.1 Å². The lowest BCUT2D eigenvalue weighted by atomic mass is 9.93. The van der Waals surface area contributed by atoms with Gasteiger partial charge in [-0.3, -0.25) is 14.4 Å². The van der Waals surface area contributed by atoms with Gasteiger partial charge in [0, 0.05) is 31.3 Å². The van der Waals surface area contributed by atoms with Crippen LogP contribution in [0, 0.1) is 0 Å². The molecule has 2 unspecified atom stereocenters. The van der Waals surface area contributed by atoms with E-state index < -0.39 is 5.97 Å². The first-order chi connectivity index (χ1) is 15.1. The highest BCUT2D eigenvalue weighted by molar-refractivity contribution is 7.99. The molecule has 1 aromatic heterocycles. The van der Waals surface area contributed by atoms with Crippen LogP contribution < -0.4 is 11.0 Å². The number of carboxylic acid groups (broad SMARTS) is 1. The normalized spacial score (nSPS) is 20.2. The molecule has 0 bridgehead atoms. The number of benzene rings is 3. The van der Waals surface area contributed by atoms with Crippen LogP contribution in [0.3, 0.4) is 0 Å². The van der Waals surface area contributed by atoms with Gasteiger partial charge < -0.3 is 5.11 Å². The van der Waals surface area contributed by atoms with E-state index in [2.05, 4.69) is 24.3 Å². The summed E-state index contributed by atoms with van der Waals surface area (Å²) in [5.41, 5.74) is 3.07. The average Bonchev–Trinajstić information content (AvgIpc) is 3.17. The van der Waals surface area contributed by atoms with Gasteiger partial charge in [-0.25, -0.2) is 4.79 Å². The fourth-order valence-electron chi connectivity index (χ4n) is 5.09. The van der Waals surface area contributed by atoms with Crippen molar-refractivity contribution in [3.8, 4) is 11.1 Å². The van der Waals surface area contributed by atoms with E-state index in [4.69, 9.17) is 4.99 Å². The number of fused-ring (bicyclic) bond motifs is 6. The zero-order chi connectivity index (χ0) is 20.9. The third kappa shape index (κ3) is 2.10. The Morgan fingerprint density at radius 1 is 0.968 bits per heavy atom. The second kappa shape index (κ2) is 5.74. The number of aromatic nitrogens is 1. The Balaban J connectivity index is 1.61. The van der Waals surface area contributed by atoms with E-state index in [0.29, 0.717) is 10.9 Å². The molecule has 1 N–H and O–H groups in total. The molecule has 1 aliphatic carbocycles. The Kier molecular flexibility index (Phi) is 3.16. The molecule has 3 heterocycles. The molecule has 0 saturated carbocycles. The topological polar surface area (TPSA) is 71.7 Å². The van der Waals surface area contributed by atoms with Crippen LogP contribution in [0.2, 0.25) is 0 Å². The second-order valence-corrected chi connectivity index (χ2v) is 9.10. The average molecular weight is 422 g/mol. The Morgan fingerprint density at radius 2 is 1.81 bits per heavy atom. The predicted molar refractivity (Wildman–Crippen MR) is 120 cm³/mol. The Morgan fingerprint density at radius 3 is 2.68 bits per heavy atom. The highest BCUT2D eigenvalue weighted by atomic mass is 32.2. The lowest BCUT2D eigenvalue weighted by molar-refractivity contribution is -0.132. The largest absolute Gasteiger partial charge is 0.478 e. The molecule has 0 amide bonds. The number of carbonyl (C=O) groups is 1. The minimum absolute atomic E-state index is 0.0804. The van der Waals surface area contributed by atoms with Crippen molar-refractivity contribution < 1.29 is 9.90 Å². The van der Waals surface area contributed by atoms with Crippen molar-refractivity contribution in [2.45, 2.75) is 21.9 Å². The molecule has 2 aliphatic heterocycles. The number of carboxylic acids is 1. The molecule has 0 radical (unpaired) electrons. The van der Waals surface area contributed by atoms with E-state index in [1.807, 2.05) is 24.3 Å². The van der Waals surface area contributed by atoms with Gasteiger partial charge in [-0.15, -0.1) is 0 Å². The molecule has 0 fully saturated rings. The number of rotatable bonds is 1. The van der Waals surface area contributed by atoms with Crippen LogP contribution in [0.15, 0.2) is 91.9 Å². The fraction of sp³-hybridized carbons (Fsp3) is 0.0800. The molecular weight excluding hydrogens is 408 g/mol. The molecule has 31 heavy (non-hydrogen) atoms. The van der Waals surface area contributed by atoms with Crippen molar-refractivity contribution in [1.82, 2.24) is 4.57 Å². The van der Waals surface area contributed by atoms with E-state index >= 15 is 0 Å². The summed E-state index contributed by atoms with van der Waals surface area (Å²) in [6.45, 7) is 0. The molecule has 3 aromatic carbocycles. The SMILES string of the molecule is O=C(O)C1=CC2N=c3c4ccc5c6c(ccc(c(=O)n3C2C=C1)c64)-c1ccccc1S5. The summed E-state index contributed by atoms with van der Waals surface area (Å²) < 4.78 is 1.72. The maximum Gasteiger partial charge on any atom is 0.335 e. The van der Waals surface area contributed by atoms with Gasteiger partial charge in [-0.05, 0) is 47.5 Å². The lowest BCUT2D eigenvalue weighted by Gasteiger charge is -2.22. The summed E-state index contributed by atoms with van der Waals surface area (Å²) in [6, 6.07) is 15.8. The van der Waals surface area contributed by atoms with Crippen LogP contribution in [0.5, 0.6) is 0 Å². The summed E-state index contributed by atoms with van der Waals surface area (Å²) in [5.74, 6) is -0.983. The molecule has 3 aliphatic rings. The number of aliphatic carboxylic acids is 1. The predicted octanol–water partition coefficient (Wildman–Crippen LogP) is 4.13. The third-order valence-electron chi connectivity index (χ3n) is 6.43. The van der Waals surface area contributed by atoms with Crippen LogP contribution in [0.25, 0.3) is 32.7 Å². The fourth-order valence-corrected chi connectivity index (χ4v) is 6.21. The molecule has 7 rings (SSSR count). The van der Waals surface area contributed by atoms with E-state index in [0.717, 1.165) is 26.6 Å². The maximum absolute atomic E-state index is 13.6. The minimum Gasteiger partial charge on any atom is -0.478 e. The molecule has 5 nitrogen and oxygen atoms in total. The standard InChI is InChI=1S/C25H14N2O3S/c28-24-16-7-6-14-13-3-1-2-4-19(13)31-20-10-8-15(21(16)22(14)20)23-26-17-11-12(25(29)30)5-9-18(17)27(23)24/h1-11,17-18H,(H,29,30). The van der Waals surface area contributed by atoms with Crippen molar-refractivity contribution in [1.29, 1.82) is 0 Å². The van der Waals surface area contributed by atoms with E-state index in [1.54, 1.807) is 34.6 Å². The Labute approximate surface area is 180 Å². The summed E-state index contributed by atoms with van der Waals surface area (Å²) in [6.07, 6.45) is 4.99.